The van der Waals surface area contributed by atoms with Crippen LogP contribution >= 0.6 is 0 Å². The average Bonchev–Trinajstić information content (AvgIpc) is 2.59. The normalized spacial score (nSPS) is 10.0. The zero-order chi connectivity index (χ0) is 17.8. The van der Waals surface area contributed by atoms with Crippen molar-refractivity contribution in [1.82, 2.24) is 0 Å². The number of nitrogens with one attached hydrogen (secondary N) is 2. The van der Waals surface area contributed by atoms with E-state index in [-0.39, 0.29) is 5.75 Å². The number of aromatic hydroxyl groups is 1. The molecule has 3 aromatic rings. The monoisotopic (exact) mass is 328 g/mol. The molecule has 0 heterocycles. The van der Waals surface area contributed by atoms with Crippen LogP contribution in [0, 0.1) is 26.0 Å². The summed E-state index contributed by atoms with van der Waals surface area (Å²) in [6.07, 6.45) is 0. The number of aryl methyl sites for hydroxylation is 2. The van der Waals surface area contributed by atoms with Gasteiger partial charge in [0.15, 0.2) is 0 Å². The van der Waals surface area contributed by atoms with Crippen molar-refractivity contribution in [1.29, 1.82) is 0 Å². The van der Waals surface area contributed by atoms with E-state index in [0.717, 1.165) is 28.1 Å². The number of anilines is 2. The quantitative estimate of drug-likeness (QED) is 0.597. The molecule has 124 valence electrons. The van der Waals surface area contributed by atoms with Gasteiger partial charge in [-0.3, -0.25) is 0 Å². The van der Waals surface area contributed by atoms with Crippen molar-refractivity contribution in [2.45, 2.75) is 13.8 Å². The first-order valence-electron chi connectivity index (χ1n) is 8.05. The molecule has 0 bridgehead atoms. The third-order valence-electron chi connectivity index (χ3n) is 4.01. The molecule has 0 atom stereocenters. The molecule has 3 N–H and O–H groups in total. The van der Waals surface area contributed by atoms with Gasteiger partial charge in [-0.2, -0.15) is 0 Å². The van der Waals surface area contributed by atoms with E-state index in [1.165, 1.54) is 0 Å². The van der Waals surface area contributed by atoms with Gasteiger partial charge in [-0.1, -0.05) is 43.0 Å². The van der Waals surface area contributed by atoms with Crippen LogP contribution in [0.2, 0.25) is 0 Å². The predicted octanol–water partition coefficient (Wildman–Crippen LogP) is 5.27. The Bertz CT molecular complexity index is 915. The summed E-state index contributed by atoms with van der Waals surface area (Å²) in [7, 11) is 0. The molecule has 0 unspecified atom stereocenters. The van der Waals surface area contributed by atoms with Gasteiger partial charge in [-0.05, 0) is 60.9 Å². The van der Waals surface area contributed by atoms with E-state index < -0.39 is 0 Å². The van der Waals surface area contributed by atoms with Crippen LogP contribution in [0.4, 0.5) is 11.4 Å². The first-order chi connectivity index (χ1) is 12.0. The van der Waals surface area contributed by atoms with Crippen LogP contribution in [0.5, 0.6) is 5.75 Å². The summed E-state index contributed by atoms with van der Waals surface area (Å²) < 4.78 is 0. The summed E-state index contributed by atoms with van der Waals surface area (Å²) in [5.74, 6) is 0.868. The molecule has 0 radical (unpaired) electrons. The smallest absolute Gasteiger partial charge is 0.132 e. The molecule has 0 amide bonds. The van der Waals surface area contributed by atoms with Crippen LogP contribution < -0.4 is 10.6 Å². The van der Waals surface area contributed by atoms with Crippen LogP contribution in [0.3, 0.4) is 0 Å². The third-order valence-corrected chi connectivity index (χ3v) is 4.01. The van der Waals surface area contributed by atoms with Gasteiger partial charge in [0.1, 0.15) is 11.6 Å². The van der Waals surface area contributed by atoms with Crippen LogP contribution in [-0.4, -0.2) is 5.11 Å². The zero-order valence-electron chi connectivity index (χ0n) is 14.4. The lowest BCUT2D eigenvalue weighted by Crippen LogP contribution is -2.09. The van der Waals surface area contributed by atoms with Gasteiger partial charge in [0, 0.05) is 11.4 Å². The molecule has 0 aliphatic heterocycles. The van der Waals surface area contributed by atoms with Crippen LogP contribution in [0.1, 0.15) is 11.1 Å². The maximum absolute atomic E-state index is 10.1. The number of hydrogen-bond acceptors (Lipinski definition) is 3. The fourth-order valence-electron chi connectivity index (χ4n) is 2.64. The highest BCUT2D eigenvalue weighted by molar-refractivity contribution is 5.75. The van der Waals surface area contributed by atoms with Crippen LogP contribution in [-0.2, 0) is 0 Å². The summed E-state index contributed by atoms with van der Waals surface area (Å²) in [5.41, 5.74) is 5.63. The van der Waals surface area contributed by atoms with E-state index in [1.807, 2.05) is 56.3 Å². The van der Waals surface area contributed by atoms with Crippen molar-refractivity contribution in [3.05, 3.63) is 90.3 Å². The number of rotatable bonds is 5. The Morgan fingerprint density at radius 1 is 1.00 bits per heavy atom. The SMILES string of the molecule is C=C(Nc1ccc(C)c(-c2c#cccc2O)c1)Nc1ccccc1C. The largest absolute Gasteiger partial charge is 0.507 e. The molecule has 0 saturated heterocycles. The molecule has 25 heavy (non-hydrogen) atoms. The van der Waals surface area contributed by atoms with Gasteiger partial charge >= 0.3 is 0 Å². The van der Waals surface area contributed by atoms with E-state index in [0.29, 0.717) is 11.4 Å². The molecule has 3 aromatic carbocycles. The van der Waals surface area contributed by atoms with E-state index in [1.54, 1.807) is 12.1 Å². The Balaban J connectivity index is 1.82. The summed E-state index contributed by atoms with van der Waals surface area (Å²) >= 11 is 0. The summed E-state index contributed by atoms with van der Waals surface area (Å²) in [5, 5.41) is 16.6. The zero-order valence-corrected chi connectivity index (χ0v) is 14.4. The average molecular weight is 328 g/mol. The van der Waals surface area contributed by atoms with E-state index in [2.05, 4.69) is 29.3 Å². The van der Waals surface area contributed by atoms with Gasteiger partial charge in [-0.15, -0.1) is 0 Å². The molecular weight excluding hydrogens is 308 g/mol. The van der Waals surface area contributed by atoms with Gasteiger partial charge in [0.2, 0.25) is 0 Å². The van der Waals surface area contributed by atoms with E-state index in [9.17, 15) is 5.11 Å². The second-order valence-electron chi connectivity index (χ2n) is 5.94. The molecule has 0 aliphatic carbocycles. The van der Waals surface area contributed by atoms with Gasteiger partial charge in [0.25, 0.3) is 0 Å². The first kappa shape index (κ1) is 16.5. The van der Waals surface area contributed by atoms with Crippen molar-refractivity contribution in [2.75, 3.05) is 10.6 Å². The maximum Gasteiger partial charge on any atom is 0.132 e. The Kier molecular flexibility index (Phi) is 4.63. The lowest BCUT2D eigenvalue weighted by Gasteiger charge is -2.15. The maximum atomic E-state index is 10.1. The Morgan fingerprint density at radius 2 is 1.80 bits per heavy atom. The highest BCUT2D eigenvalue weighted by atomic mass is 16.3. The second kappa shape index (κ2) is 7.02. The molecule has 0 fully saturated rings. The van der Waals surface area contributed by atoms with Crippen molar-refractivity contribution >= 4 is 11.4 Å². The number of hydrogen-bond donors (Lipinski definition) is 3. The van der Waals surface area contributed by atoms with Crippen LogP contribution in [0.25, 0.3) is 11.1 Å². The highest BCUT2D eigenvalue weighted by Gasteiger charge is 2.08. The van der Waals surface area contributed by atoms with Gasteiger partial charge in [-0.25, -0.2) is 0 Å². The number of para-hydroxylation sites is 1. The van der Waals surface area contributed by atoms with Gasteiger partial charge in [0.05, 0.1) is 5.56 Å². The topological polar surface area (TPSA) is 44.3 Å². The minimum Gasteiger partial charge on any atom is -0.507 e. The summed E-state index contributed by atoms with van der Waals surface area (Å²) in [6.45, 7) is 8.09. The fourth-order valence-corrected chi connectivity index (χ4v) is 2.64. The molecule has 0 saturated carbocycles. The molecule has 3 rings (SSSR count). The van der Waals surface area contributed by atoms with Crippen molar-refractivity contribution < 1.29 is 5.11 Å². The Labute approximate surface area is 148 Å². The minimum absolute atomic E-state index is 0.191. The standard InChI is InChI=1S/C22H20N2O/c1-15-12-13-18(14-20(15)19-9-5-7-11-22(19)25)23-17(3)24-21-10-6-4-8-16(21)2/h4,6-8,10-14,23-25H,3H2,1-2H3. The van der Waals surface area contributed by atoms with E-state index in [4.69, 9.17) is 0 Å². The van der Waals surface area contributed by atoms with Gasteiger partial charge < -0.3 is 15.7 Å². The second-order valence-corrected chi connectivity index (χ2v) is 5.94. The molecule has 3 nitrogen and oxygen atoms in total. The van der Waals surface area contributed by atoms with E-state index >= 15 is 0 Å². The Hall–Kier alpha value is -3.38. The first-order valence-corrected chi connectivity index (χ1v) is 8.05. The summed E-state index contributed by atoms with van der Waals surface area (Å²) in [6, 6.07) is 23.1. The molecular formula is C22H20N2O. The third kappa shape index (κ3) is 3.76. The van der Waals surface area contributed by atoms with Crippen LogP contribution in [0.15, 0.2) is 67.0 Å². The highest BCUT2D eigenvalue weighted by Crippen LogP contribution is 2.31. The summed E-state index contributed by atoms with van der Waals surface area (Å²) in [4.78, 5) is 0. The lowest BCUT2D eigenvalue weighted by atomic mass is 10.0. The predicted molar refractivity (Wildman–Crippen MR) is 104 cm³/mol. The van der Waals surface area contributed by atoms with Crippen molar-refractivity contribution in [3.63, 3.8) is 0 Å². The Morgan fingerprint density at radius 3 is 2.56 bits per heavy atom. The molecule has 3 heteroatoms. The molecule has 0 aliphatic rings. The molecule has 0 spiro atoms. The fraction of sp³-hybridized carbons (Fsp3) is 0.0909. The minimum atomic E-state index is 0.191. The van der Waals surface area contributed by atoms with Crippen molar-refractivity contribution in [2.24, 2.45) is 0 Å². The number of benzene rings is 2. The lowest BCUT2D eigenvalue weighted by molar-refractivity contribution is 0.477. The molecule has 0 aromatic heterocycles. The van der Waals surface area contributed by atoms with Crippen molar-refractivity contribution in [3.8, 4) is 16.9 Å².